The van der Waals surface area contributed by atoms with E-state index in [9.17, 15) is 4.79 Å². The predicted octanol–water partition coefficient (Wildman–Crippen LogP) is 4.40. The molecule has 3 rings (SSSR count). The third-order valence-corrected chi connectivity index (χ3v) is 3.79. The number of rotatable bonds is 4. The number of hydrogen-bond acceptors (Lipinski definition) is 4. The zero-order valence-corrected chi connectivity index (χ0v) is 14.5. The van der Waals surface area contributed by atoms with Crippen molar-refractivity contribution in [3.05, 3.63) is 77.2 Å². The van der Waals surface area contributed by atoms with Crippen molar-refractivity contribution in [2.75, 3.05) is 10.6 Å². The van der Waals surface area contributed by atoms with Gasteiger partial charge in [-0.05, 0) is 55.7 Å². The van der Waals surface area contributed by atoms with E-state index < -0.39 is 0 Å². The second-order valence-electron chi connectivity index (χ2n) is 6.06. The number of anilines is 3. The van der Waals surface area contributed by atoms with Crippen molar-refractivity contribution < 1.29 is 4.79 Å². The molecule has 2 N–H and O–H groups in total. The molecule has 1 aromatic heterocycles. The fraction of sp³-hybridized carbons (Fsp3) is 0.150. The van der Waals surface area contributed by atoms with Crippen LogP contribution in [0, 0.1) is 20.8 Å². The first kappa shape index (κ1) is 16.6. The summed E-state index contributed by atoms with van der Waals surface area (Å²) in [4.78, 5) is 20.8. The first-order valence-corrected chi connectivity index (χ1v) is 8.05. The molecule has 0 fully saturated rings. The van der Waals surface area contributed by atoms with Crippen LogP contribution >= 0.6 is 0 Å². The van der Waals surface area contributed by atoms with Crippen molar-refractivity contribution in [1.29, 1.82) is 0 Å². The molecule has 1 amide bonds. The third-order valence-electron chi connectivity index (χ3n) is 3.79. The van der Waals surface area contributed by atoms with E-state index >= 15 is 0 Å². The Morgan fingerprint density at radius 3 is 2.36 bits per heavy atom. The molecule has 0 aliphatic rings. The maximum absolute atomic E-state index is 12.5. The summed E-state index contributed by atoms with van der Waals surface area (Å²) < 4.78 is 0. The molecule has 0 aliphatic carbocycles. The number of para-hydroxylation sites is 1. The van der Waals surface area contributed by atoms with E-state index in [4.69, 9.17) is 0 Å². The zero-order valence-electron chi connectivity index (χ0n) is 14.5. The van der Waals surface area contributed by atoms with E-state index in [2.05, 4.69) is 26.7 Å². The summed E-state index contributed by atoms with van der Waals surface area (Å²) in [5.41, 5.74) is 5.31. The van der Waals surface area contributed by atoms with Crippen molar-refractivity contribution >= 4 is 23.1 Å². The number of aromatic nitrogens is 2. The molecule has 0 saturated heterocycles. The molecule has 0 spiro atoms. The first-order valence-electron chi connectivity index (χ1n) is 8.05. The van der Waals surface area contributed by atoms with Gasteiger partial charge in [0.05, 0.1) is 0 Å². The van der Waals surface area contributed by atoms with Crippen LogP contribution in [0.4, 0.5) is 17.2 Å². The topological polar surface area (TPSA) is 66.9 Å². The van der Waals surface area contributed by atoms with Gasteiger partial charge >= 0.3 is 0 Å². The van der Waals surface area contributed by atoms with Crippen molar-refractivity contribution in [1.82, 2.24) is 9.97 Å². The number of hydrogen-bond donors (Lipinski definition) is 2. The monoisotopic (exact) mass is 332 g/mol. The van der Waals surface area contributed by atoms with E-state index in [1.165, 1.54) is 6.33 Å². The maximum Gasteiger partial charge on any atom is 0.274 e. The second kappa shape index (κ2) is 7.13. The van der Waals surface area contributed by atoms with Gasteiger partial charge in [-0.1, -0.05) is 24.3 Å². The van der Waals surface area contributed by atoms with Gasteiger partial charge in [0.2, 0.25) is 0 Å². The first-order chi connectivity index (χ1) is 12.0. The fourth-order valence-electron chi connectivity index (χ4n) is 2.64. The maximum atomic E-state index is 12.5. The van der Waals surface area contributed by atoms with Crippen LogP contribution in [0.25, 0.3) is 0 Å². The summed E-state index contributed by atoms with van der Waals surface area (Å²) in [5, 5.41) is 6.10. The molecular formula is C20H20N4O. The molecule has 126 valence electrons. The number of nitrogens with one attached hydrogen (secondary N) is 2. The number of benzene rings is 2. The Balaban J connectivity index is 1.78. The van der Waals surface area contributed by atoms with Crippen LogP contribution in [0.5, 0.6) is 0 Å². The number of carbonyl (C=O) groups is 1. The number of amides is 1. The lowest BCUT2D eigenvalue weighted by Gasteiger charge is -2.10. The largest absolute Gasteiger partial charge is 0.340 e. The highest BCUT2D eigenvalue weighted by molar-refractivity contribution is 6.03. The van der Waals surface area contributed by atoms with E-state index in [0.717, 1.165) is 28.1 Å². The van der Waals surface area contributed by atoms with Gasteiger partial charge in [-0.3, -0.25) is 4.79 Å². The minimum Gasteiger partial charge on any atom is -0.340 e. The smallest absolute Gasteiger partial charge is 0.274 e. The lowest BCUT2D eigenvalue weighted by molar-refractivity contribution is 0.102. The van der Waals surface area contributed by atoms with Gasteiger partial charge in [0.15, 0.2) is 0 Å². The summed E-state index contributed by atoms with van der Waals surface area (Å²) in [6.45, 7) is 6.01. The molecule has 0 unspecified atom stereocenters. The van der Waals surface area contributed by atoms with Crippen LogP contribution in [0.1, 0.15) is 27.2 Å². The van der Waals surface area contributed by atoms with Crippen LogP contribution in [0.3, 0.4) is 0 Å². The summed E-state index contributed by atoms with van der Waals surface area (Å²) in [6.07, 6.45) is 1.39. The molecule has 0 aliphatic heterocycles. The number of nitrogens with zero attached hydrogens (tertiary/aromatic N) is 2. The molecule has 5 nitrogen and oxygen atoms in total. The summed E-state index contributed by atoms with van der Waals surface area (Å²) in [5.74, 6) is 0.315. The Bertz CT molecular complexity index is 901. The van der Waals surface area contributed by atoms with Crippen molar-refractivity contribution in [2.45, 2.75) is 20.8 Å². The quantitative estimate of drug-likeness (QED) is 0.743. The van der Waals surface area contributed by atoms with Gasteiger partial charge in [-0.25, -0.2) is 9.97 Å². The second-order valence-corrected chi connectivity index (χ2v) is 6.06. The third kappa shape index (κ3) is 4.20. The van der Waals surface area contributed by atoms with Crippen molar-refractivity contribution in [3.8, 4) is 0 Å². The average molecular weight is 332 g/mol. The summed E-state index contributed by atoms with van der Waals surface area (Å²) >= 11 is 0. The molecule has 0 atom stereocenters. The molecule has 0 saturated carbocycles. The molecule has 25 heavy (non-hydrogen) atoms. The zero-order chi connectivity index (χ0) is 17.8. The Kier molecular flexibility index (Phi) is 4.75. The van der Waals surface area contributed by atoms with Gasteiger partial charge in [0.1, 0.15) is 17.8 Å². The predicted molar refractivity (Wildman–Crippen MR) is 100 cm³/mol. The minimum absolute atomic E-state index is 0.264. The van der Waals surface area contributed by atoms with Crippen LogP contribution in [-0.4, -0.2) is 15.9 Å². The summed E-state index contributed by atoms with van der Waals surface area (Å²) in [6, 6.07) is 15.5. The number of aryl methyl sites for hydroxylation is 3. The molecule has 3 aromatic rings. The Morgan fingerprint density at radius 1 is 0.920 bits per heavy atom. The summed E-state index contributed by atoms with van der Waals surface area (Å²) in [7, 11) is 0. The van der Waals surface area contributed by atoms with Gasteiger partial charge in [-0.15, -0.1) is 0 Å². The SMILES string of the molecule is Cc1cc(C)cc(NC(=O)c2cc(Nc3ccccc3C)ncn2)c1. The van der Waals surface area contributed by atoms with Crippen LogP contribution in [0.2, 0.25) is 0 Å². The molecule has 2 aromatic carbocycles. The lowest BCUT2D eigenvalue weighted by Crippen LogP contribution is -2.14. The number of carbonyl (C=O) groups excluding carboxylic acids is 1. The van der Waals surface area contributed by atoms with Crippen molar-refractivity contribution in [3.63, 3.8) is 0 Å². The van der Waals surface area contributed by atoms with E-state index in [1.54, 1.807) is 6.07 Å². The fourth-order valence-corrected chi connectivity index (χ4v) is 2.64. The molecule has 5 heteroatoms. The standard InChI is InChI=1S/C20H20N4O/c1-13-8-14(2)10-16(9-13)23-20(25)18-11-19(22-12-21-18)24-17-7-5-4-6-15(17)3/h4-12H,1-3H3,(H,23,25)(H,21,22,24). The molecule has 1 heterocycles. The highest BCUT2D eigenvalue weighted by Crippen LogP contribution is 2.19. The molecule has 0 radical (unpaired) electrons. The Hall–Kier alpha value is -3.21. The van der Waals surface area contributed by atoms with Crippen molar-refractivity contribution in [2.24, 2.45) is 0 Å². The van der Waals surface area contributed by atoms with Gasteiger partial charge in [0, 0.05) is 17.4 Å². The van der Waals surface area contributed by atoms with E-state index in [1.807, 2.05) is 57.2 Å². The van der Waals surface area contributed by atoms with Crippen LogP contribution < -0.4 is 10.6 Å². The normalized spacial score (nSPS) is 10.4. The van der Waals surface area contributed by atoms with Crippen LogP contribution in [-0.2, 0) is 0 Å². The van der Waals surface area contributed by atoms with Gasteiger partial charge in [-0.2, -0.15) is 0 Å². The average Bonchev–Trinajstić information content (AvgIpc) is 2.56. The molecular weight excluding hydrogens is 312 g/mol. The highest BCUT2D eigenvalue weighted by atomic mass is 16.1. The van der Waals surface area contributed by atoms with E-state index in [-0.39, 0.29) is 5.91 Å². The minimum atomic E-state index is -0.264. The molecule has 0 bridgehead atoms. The Labute approximate surface area is 147 Å². The lowest BCUT2D eigenvalue weighted by atomic mass is 10.1. The Morgan fingerprint density at radius 2 is 1.64 bits per heavy atom. The van der Waals surface area contributed by atoms with Gasteiger partial charge < -0.3 is 10.6 Å². The van der Waals surface area contributed by atoms with Gasteiger partial charge in [0.25, 0.3) is 5.91 Å². The van der Waals surface area contributed by atoms with Crippen LogP contribution in [0.15, 0.2) is 54.9 Å². The van der Waals surface area contributed by atoms with E-state index in [0.29, 0.717) is 11.5 Å². The highest BCUT2D eigenvalue weighted by Gasteiger charge is 2.10.